The van der Waals surface area contributed by atoms with E-state index in [0.717, 1.165) is 11.0 Å². The van der Waals surface area contributed by atoms with E-state index < -0.39 is 0 Å². The van der Waals surface area contributed by atoms with Gasteiger partial charge in [0.1, 0.15) is 0 Å². The lowest BCUT2D eigenvalue weighted by Gasteiger charge is -2.40. The summed E-state index contributed by atoms with van der Waals surface area (Å²) in [5, 5.41) is 3.65. The van der Waals surface area contributed by atoms with Crippen LogP contribution in [0.5, 0.6) is 0 Å². The second kappa shape index (κ2) is 4.24. The summed E-state index contributed by atoms with van der Waals surface area (Å²) in [6.07, 6.45) is 2.75. The number of halogens is 1. The molecule has 1 aromatic rings. The van der Waals surface area contributed by atoms with Gasteiger partial charge in [-0.25, -0.2) is 0 Å². The molecule has 1 aromatic carbocycles. The van der Waals surface area contributed by atoms with E-state index in [2.05, 4.69) is 64.3 Å². The van der Waals surface area contributed by atoms with Crippen molar-refractivity contribution in [3.63, 3.8) is 0 Å². The van der Waals surface area contributed by atoms with Gasteiger partial charge in [0.05, 0.1) is 0 Å². The Kier molecular flexibility index (Phi) is 2.94. The van der Waals surface area contributed by atoms with E-state index in [1.54, 1.807) is 0 Å². The summed E-state index contributed by atoms with van der Waals surface area (Å²) >= 11 is 3.59. The number of rotatable bonds is 1. The summed E-state index contributed by atoms with van der Waals surface area (Å²) < 4.78 is 1.16. The van der Waals surface area contributed by atoms with Crippen LogP contribution in [0, 0.1) is 5.41 Å². The van der Waals surface area contributed by atoms with E-state index in [4.69, 9.17) is 0 Å². The third kappa shape index (κ3) is 2.30. The van der Waals surface area contributed by atoms with Crippen LogP contribution < -0.4 is 10.2 Å². The summed E-state index contributed by atoms with van der Waals surface area (Å²) in [5.41, 5.74) is 2.05. The van der Waals surface area contributed by atoms with E-state index in [1.165, 1.54) is 31.6 Å². The maximum absolute atomic E-state index is 3.65. The van der Waals surface area contributed by atoms with E-state index in [-0.39, 0.29) is 5.54 Å². The molecule has 0 amide bonds. The molecule has 1 saturated carbocycles. The minimum absolute atomic E-state index is 0.173. The van der Waals surface area contributed by atoms with Crippen LogP contribution >= 0.6 is 15.9 Å². The zero-order chi connectivity index (χ0) is 12.8. The number of hydrogen-bond acceptors (Lipinski definition) is 2. The molecule has 0 radical (unpaired) electrons. The summed E-state index contributed by atoms with van der Waals surface area (Å²) in [6, 6.07) is 8.70. The number of hydrogen-bond donors (Lipinski definition) is 1. The van der Waals surface area contributed by atoms with Crippen molar-refractivity contribution in [3.05, 3.63) is 28.7 Å². The number of benzene rings is 1. The predicted octanol–water partition coefficient (Wildman–Crippen LogP) is 3.42. The first-order valence-electron chi connectivity index (χ1n) is 6.75. The lowest BCUT2D eigenvalue weighted by Crippen LogP contribution is -2.49. The number of nitrogens with one attached hydrogen (secondary N) is 1. The van der Waals surface area contributed by atoms with Gasteiger partial charge in [0, 0.05) is 40.7 Å². The molecule has 2 nitrogen and oxygen atoms in total. The minimum Gasteiger partial charge on any atom is -0.364 e. The summed E-state index contributed by atoms with van der Waals surface area (Å²) in [4.78, 5) is 2.59. The van der Waals surface area contributed by atoms with Crippen molar-refractivity contribution in [1.82, 2.24) is 5.32 Å². The Morgan fingerprint density at radius 1 is 1.22 bits per heavy atom. The number of anilines is 1. The van der Waals surface area contributed by atoms with Gasteiger partial charge in [-0.2, -0.15) is 0 Å². The van der Waals surface area contributed by atoms with Crippen LogP contribution in [-0.2, 0) is 0 Å². The van der Waals surface area contributed by atoms with Gasteiger partial charge in [0.15, 0.2) is 0 Å². The van der Waals surface area contributed by atoms with Crippen LogP contribution in [0.3, 0.4) is 0 Å². The molecule has 3 rings (SSSR count). The maximum atomic E-state index is 3.65. The molecule has 0 atom stereocenters. The highest BCUT2D eigenvalue weighted by molar-refractivity contribution is 9.10. The van der Waals surface area contributed by atoms with Crippen molar-refractivity contribution >= 4 is 21.6 Å². The average Bonchev–Trinajstić information content (AvgIpc) is 3.07. The molecule has 98 valence electrons. The quantitative estimate of drug-likeness (QED) is 0.855. The second-order valence-electron chi connectivity index (χ2n) is 6.48. The molecule has 1 spiro atoms. The molecule has 1 heterocycles. The van der Waals surface area contributed by atoms with Crippen LogP contribution in [-0.4, -0.2) is 25.2 Å². The van der Waals surface area contributed by atoms with Crippen LogP contribution in [0.25, 0.3) is 0 Å². The van der Waals surface area contributed by atoms with Gasteiger partial charge in [-0.15, -0.1) is 0 Å². The molecule has 3 heteroatoms. The lowest BCUT2D eigenvalue weighted by molar-refractivity contribution is 0.456. The Morgan fingerprint density at radius 3 is 2.67 bits per heavy atom. The van der Waals surface area contributed by atoms with E-state index >= 15 is 0 Å². The topological polar surface area (TPSA) is 15.3 Å². The highest BCUT2D eigenvalue weighted by atomic mass is 79.9. The van der Waals surface area contributed by atoms with Gasteiger partial charge in [-0.3, -0.25) is 0 Å². The fourth-order valence-corrected chi connectivity index (χ4v) is 3.32. The normalized spacial score (nSPS) is 24.9. The fraction of sp³-hybridized carbons (Fsp3) is 0.600. The molecule has 0 unspecified atom stereocenters. The Morgan fingerprint density at radius 2 is 2.00 bits per heavy atom. The first-order chi connectivity index (χ1) is 8.51. The van der Waals surface area contributed by atoms with Crippen molar-refractivity contribution < 1.29 is 0 Å². The molecule has 18 heavy (non-hydrogen) atoms. The first-order valence-corrected chi connectivity index (χ1v) is 7.54. The molecule has 0 aromatic heterocycles. The summed E-state index contributed by atoms with van der Waals surface area (Å²) in [5.74, 6) is 0. The molecular formula is C15H21BrN2. The monoisotopic (exact) mass is 308 g/mol. The van der Waals surface area contributed by atoms with Gasteiger partial charge in [-0.1, -0.05) is 22.0 Å². The summed E-state index contributed by atoms with van der Waals surface area (Å²) in [7, 11) is 0. The smallest absolute Gasteiger partial charge is 0.0470 e. The van der Waals surface area contributed by atoms with Crippen molar-refractivity contribution in [2.45, 2.75) is 32.2 Å². The molecular weight excluding hydrogens is 288 g/mol. The Bertz CT molecular complexity index is 452. The maximum Gasteiger partial charge on any atom is 0.0470 e. The predicted molar refractivity (Wildman–Crippen MR) is 80.1 cm³/mol. The Balaban J connectivity index is 1.95. The molecule has 1 saturated heterocycles. The Labute approximate surface area is 118 Å². The van der Waals surface area contributed by atoms with E-state index in [9.17, 15) is 0 Å². The third-order valence-corrected chi connectivity index (χ3v) is 4.85. The van der Waals surface area contributed by atoms with Crippen molar-refractivity contribution in [2.75, 3.05) is 24.5 Å². The molecule has 2 aliphatic rings. The van der Waals surface area contributed by atoms with Crippen molar-refractivity contribution in [1.29, 1.82) is 0 Å². The van der Waals surface area contributed by atoms with Crippen molar-refractivity contribution in [3.8, 4) is 0 Å². The first kappa shape index (κ1) is 12.5. The standard InChI is InChI=1S/C15H21BrN2/c1-14(2)9-17-10-15(6-7-15)11-18(14)13-5-3-4-12(16)8-13/h3-5,8,17H,6-7,9-11H2,1-2H3. The molecule has 1 aliphatic carbocycles. The van der Waals surface area contributed by atoms with Gasteiger partial charge >= 0.3 is 0 Å². The van der Waals surface area contributed by atoms with Crippen LogP contribution in [0.4, 0.5) is 5.69 Å². The van der Waals surface area contributed by atoms with Gasteiger partial charge in [-0.05, 0) is 44.9 Å². The number of nitrogens with zero attached hydrogens (tertiary/aromatic N) is 1. The summed E-state index contributed by atoms with van der Waals surface area (Å²) in [6.45, 7) is 8.09. The fourth-order valence-electron chi connectivity index (χ4n) is 2.93. The van der Waals surface area contributed by atoms with Crippen molar-refractivity contribution in [2.24, 2.45) is 5.41 Å². The SMILES string of the molecule is CC1(C)CNCC2(CC2)CN1c1cccc(Br)c1. The minimum atomic E-state index is 0.173. The zero-order valence-corrected chi connectivity index (χ0v) is 12.8. The molecule has 1 aliphatic heterocycles. The third-order valence-electron chi connectivity index (χ3n) is 4.36. The lowest BCUT2D eigenvalue weighted by atomic mass is 10.00. The van der Waals surface area contributed by atoms with E-state index in [1.807, 2.05) is 0 Å². The van der Waals surface area contributed by atoms with E-state index in [0.29, 0.717) is 5.41 Å². The van der Waals surface area contributed by atoms with Gasteiger partial charge < -0.3 is 10.2 Å². The molecule has 1 N–H and O–H groups in total. The zero-order valence-electron chi connectivity index (χ0n) is 11.2. The van der Waals surface area contributed by atoms with Crippen LogP contribution in [0.15, 0.2) is 28.7 Å². The Hall–Kier alpha value is -0.540. The van der Waals surface area contributed by atoms with Gasteiger partial charge in [0.25, 0.3) is 0 Å². The van der Waals surface area contributed by atoms with Gasteiger partial charge in [0.2, 0.25) is 0 Å². The van der Waals surface area contributed by atoms with Crippen LogP contribution in [0.1, 0.15) is 26.7 Å². The molecule has 0 bridgehead atoms. The second-order valence-corrected chi connectivity index (χ2v) is 7.40. The van der Waals surface area contributed by atoms with Crippen LogP contribution in [0.2, 0.25) is 0 Å². The average molecular weight is 309 g/mol. The highest BCUT2D eigenvalue weighted by Crippen LogP contribution is 2.48. The molecule has 2 fully saturated rings. The largest absolute Gasteiger partial charge is 0.364 e. The highest BCUT2D eigenvalue weighted by Gasteiger charge is 2.48.